The average Bonchev–Trinajstić information content (AvgIpc) is 2.60. The second kappa shape index (κ2) is 2.69. The second-order valence-electron chi connectivity index (χ2n) is 3.50. The Hall–Kier alpha value is -0.650. The van der Waals surface area contributed by atoms with Crippen LogP contribution in [0.5, 0.6) is 0 Å². The van der Waals surface area contributed by atoms with E-state index in [0.29, 0.717) is 0 Å². The summed E-state index contributed by atoms with van der Waals surface area (Å²) in [5, 5.41) is 0. The van der Waals surface area contributed by atoms with Crippen LogP contribution in [0, 0.1) is 23.2 Å². The molecule has 68 valence electrons. The lowest BCUT2D eigenvalue weighted by Crippen LogP contribution is -2.22. The van der Waals surface area contributed by atoms with Gasteiger partial charge in [-0.25, -0.2) is 0 Å². The lowest BCUT2D eigenvalue weighted by atomic mass is 10.1. The van der Waals surface area contributed by atoms with Gasteiger partial charge in [-0.3, -0.25) is 0 Å². The van der Waals surface area contributed by atoms with Gasteiger partial charge in [0.15, 0.2) is 0 Å². The molecule has 1 rings (SSSR count). The highest BCUT2D eigenvalue weighted by Crippen LogP contribution is 2.57. The number of rotatable bonds is 0. The van der Waals surface area contributed by atoms with Crippen molar-refractivity contribution in [2.75, 3.05) is 0 Å². The summed E-state index contributed by atoms with van der Waals surface area (Å²) < 4.78 is 36.7. The monoisotopic (exact) mass is 176 g/mol. The van der Waals surface area contributed by atoms with Gasteiger partial charge in [-0.05, 0) is 12.8 Å². The van der Waals surface area contributed by atoms with E-state index >= 15 is 0 Å². The summed E-state index contributed by atoms with van der Waals surface area (Å²) in [5.41, 5.74) is -1.64. The molecule has 0 aromatic rings. The minimum absolute atomic E-state index is 0.0184. The van der Waals surface area contributed by atoms with Crippen LogP contribution in [-0.4, -0.2) is 6.18 Å². The lowest BCUT2D eigenvalue weighted by Gasteiger charge is -2.11. The minimum atomic E-state index is -4.13. The van der Waals surface area contributed by atoms with E-state index in [-0.39, 0.29) is 18.8 Å². The van der Waals surface area contributed by atoms with Gasteiger partial charge in [0.2, 0.25) is 0 Å². The predicted octanol–water partition coefficient (Wildman–Crippen LogP) is 2.99. The van der Waals surface area contributed by atoms with Crippen molar-refractivity contribution >= 4 is 0 Å². The van der Waals surface area contributed by atoms with E-state index in [1.807, 2.05) is 0 Å². The normalized spacial score (nSPS) is 20.2. The van der Waals surface area contributed by atoms with E-state index in [1.54, 1.807) is 13.8 Å². The molecule has 0 heterocycles. The van der Waals surface area contributed by atoms with Gasteiger partial charge < -0.3 is 0 Å². The average molecular weight is 176 g/mol. The van der Waals surface area contributed by atoms with Gasteiger partial charge in [0, 0.05) is 5.92 Å². The second-order valence-corrected chi connectivity index (χ2v) is 3.50. The van der Waals surface area contributed by atoms with Crippen LogP contribution in [0.25, 0.3) is 0 Å². The molecule has 0 radical (unpaired) electrons. The first-order valence-corrected chi connectivity index (χ1v) is 3.97. The highest BCUT2D eigenvalue weighted by Gasteiger charge is 2.62. The van der Waals surface area contributed by atoms with Crippen LogP contribution in [0.15, 0.2) is 0 Å². The first-order valence-electron chi connectivity index (χ1n) is 3.97. The Balaban J connectivity index is 2.71. The molecule has 1 fully saturated rings. The van der Waals surface area contributed by atoms with Crippen LogP contribution < -0.4 is 0 Å². The largest absolute Gasteiger partial charge is 0.405 e. The molecular formula is C9H11F3. The van der Waals surface area contributed by atoms with Crippen molar-refractivity contribution in [2.45, 2.75) is 32.9 Å². The highest BCUT2D eigenvalue weighted by molar-refractivity contribution is 5.23. The molecule has 1 aliphatic carbocycles. The van der Waals surface area contributed by atoms with E-state index in [2.05, 4.69) is 11.8 Å². The van der Waals surface area contributed by atoms with Crippen molar-refractivity contribution in [1.29, 1.82) is 0 Å². The maximum absolute atomic E-state index is 12.2. The van der Waals surface area contributed by atoms with Crippen molar-refractivity contribution in [1.82, 2.24) is 0 Å². The topological polar surface area (TPSA) is 0 Å². The molecule has 0 aromatic carbocycles. The van der Waals surface area contributed by atoms with E-state index < -0.39 is 11.6 Å². The molecule has 0 spiro atoms. The molecule has 0 bridgehead atoms. The van der Waals surface area contributed by atoms with Gasteiger partial charge in [-0.1, -0.05) is 25.7 Å². The van der Waals surface area contributed by atoms with Gasteiger partial charge in [-0.15, -0.1) is 0 Å². The fraction of sp³-hybridized carbons (Fsp3) is 0.778. The van der Waals surface area contributed by atoms with Crippen molar-refractivity contribution in [2.24, 2.45) is 11.3 Å². The molecule has 0 saturated heterocycles. The molecule has 12 heavy (non-hydrogen) atoms. The van der Waals surface area contributed by atoms with E-state index in [0.717, 1.165) is 0 Å². The third-order valence-electron chi connectivity index (χ3n) is 1.89. The first kappa shape index (κ1) is 9.44. The van der Waals surface area contributed by atoms with Crippen LogP contribution in [0.3, 0.4) is 0 Å². The Labute approximate surface area is 70.1 Å². The number of alkyl halides is 3. The smallest absolute Gasteiger partial charge is 0.169 e. The summed E-state index contributed by atoms with van der Waals surface area (Å²) in [7, 11) is 0. The summed E-state index contributed by atoms with van der Waals surface area (Å²) in [5.74, 6) is 4.94. The standard InChI is InChI=1S/C9H11F3/c1-7(2)3-4-8(5-6-8)9(10,11)12/h7H,5-6H2,1-2H3. The molecule has 0 aromatic heterocycles. The molecule has 0 nitrogen and oxygen atoms in total. The summed E-state index contributed by atoms with van der Waals surface area (Å²) in [6.45, 7) is 3.58. The zero-order valence-corrected chi connectivity index (χ0v) is 7.13. The number of hydrogen-bond acceptors (Lipinski definition) is 0. The lowest BCUT2D eigenvalue weighted by molar-refractivity contribution is -0.168. The van der Waals surface area contributed by atoms with Crippen molar-refractivity contribution < 1.29 is 13.2 Å². The quantitative estimate of drug-likeness (QED) is 0.498. The third-order valence-corrected chi connectivity index (χ3v) is 1.89. The summed E-state index contributed by atoms with van der Waals surface area (Å²) >= 11 is 0. The molecule has 0 N–H and O–H groups in total. The van der Waals surface area contributed by atoms with Gasteiger partial charge in [0.05, 0.1) is 0 Å². The Bertz CT molecular complexity index is 222. The molecule has 1 aliphatic rings. The maximum Gasteiger partial charge on any atom is 0.405 e. The number of halogens is 3. The predicted molar refractivity (Wildman–Crippen MR) is 40.3 cm³/mol. The van der Waals surface area contributed by atoms with E-state index in [4.69, 9.17) is 0 Å². The van der Waals surface area contributed by atoms with Gasteiger partial charge in [0.25, 0.3) is 0 Å². The van der Waals surface area contributed by atoms with E-state index in [1.165, 1.54) is 0 Å². The van der Waals surface area contributed by atoms with Crippen LogP contribution >= 0.6 is 0 Å². The summed E-state index contributed by atoms with van der Waals surface area (Å²) in [6.07, 6.45) is -3.78. The number of hydrogen-bond donors (Lipinski definition) is 0. The molecule has 3 heteroatoms. The summed E-state index contributed by atoms with van der Waals surface area (Å²) in [6, 6.07) is 0. The SMILES string of the molecule is CC(C)C#CC1(C(F)(F)F)CC1. The highest BCUT2D eigenvalue weighted by atomic mass is 19.4. The van der Waals surface area contributed by atoms with Crippen molar-refractivity contribution in [3.8, 4) is 11.8 Å². The molecular weight excluding hydrogens is 165 g/mol. The third kappa shape index (κ3) is 1.74. The van der Waals surface area contributed by atoms with Crippen LogP contribution in [0.1, 0.15) is 26.7 Å². The molecule has 0 aliphatic heterocycles. The molecule has 1 saturated carbocycles. The Morgan fingerprint density at radius 1 is 1.25 bits per heavy atom. The Kier molecular flexibility index (Phi) is 2.11. The minimum Gasteiger partial charge on any atom is -0.169 e. The Morgan fingerprint density at radius 2 is 1.75 bits per heavy atom. The van der Waals surface area contributed by atoms with Gasteiger partial charge in [-0.2, -0.15) is 13.2 Å². The Morgan fingerprint density at radius 3 is 2.00 bits per heavy atom. The zero-order chi connectivity index (χ0) is 9.41. The maximum atomic E-state index is 12.2. The van der Waals surface area contributed by atoms with E-state index in [9.17, 15) is 13.2 Å². The van der Waals surface area contributed by atoms with Crippen LogP contribution in [-0.2, 0) is 0 Å². The fourth-order valence-electron chi connectivity index (χ4n) is 0.887. The van der Waals surface area contributed by atoms with Crippen molar-refractivity contribution in [3.63, 3.8) is 0 Å². The first-order chi connectivity index (χ1) is 5.37. The molecule has 0 unspecified atom stereocenters. The van der Waals surface area contributed by atoms with Gasteiger partial charge in [0.1, 0.15) is 5.41 Å². The van der Waals surface area contributed by atoms with Crippen LogP contribution in [0.4, 0.5) is 13.2 Å². The molecule has 0 atom stereocenters. The van der Waals surface area contributed by atoms with Crippen LogP contribution in [0.2, 0.25) is 0 Å². The summed E-state index contributed by atoms with van der Waals surface area (Å²) in [4.78, 5) is 0. The molecule has 0 amide bonds. The van der Waals surface area contributed by atoms with Crippen molar-refractivity contribution in [3.05, 3.63) is 0 Å². The van der Waals surface area contributed by atoms with Gasteiger partial charge >= 0.3 is 6.18 Å². The fourth-order valence-corrected chi connectivity index (χ4v) is 0.887. The zero-order valence-electron chi connectivity index (χ0n) is 7.13.